The number of nitrogens with zero attached hydrogens (tertiary/aromatic N) is 1. The van der Waals surface area contributed by atoms with Crippen molar-refractivity contribution in [3.8, 4) is 11.3 Å². The third-order valence-electron chi connectivity index (χ3n) is 4.16. The lowest BCUT2D eigenvalue weighted by Crippen LogP contribution is -2.29. The number of hydrogen-bond acceptors (Lipinski definition) is 3. The van der Waals surface area contributed by atoms with Crippen molar-refractivity contribution >= 4 is 21.6 Å². The first kappa shape index (κ1) is 18.6. The Hall–Kier alpha value is -2.15. The number of benzene rings is 2. The number of nitrogens with one attached hydrogen (secondary N) is 2. The Morgan fingerprint density at radius 2 is 1.92 bits per heavy atom. The molecule has 5 nitrogen and oxygen atoms in total. The molecule has 0 spiro atoms. The minimum absolute atomic E-state index is 0.179. The molecule has 0 bridgehead atoms. The van der Waals surface area contributed by atoms with E-state index >= 15 is 0 Å². The SMILES string of the molecule is CCC(NS(=O)(=O)c1cc(Cl)ccc1C)c1ncc(-c2ccccc2)[nH]1. The first-order valence-corrected chi connectivity index (χ1v) is 10.2. The van der Waals surface area contributed by atoms with Crippen LogP contribution in [-0.2, 0) is 10.0 Å². The molecule has 1 aromatic heterocycles. The van der Waals surface area contributed by atoms with Gasteiger partial charge in [0.05, 0.1) is 22.8 Å². The van der Waals surface area contributed by atoms with Crippen LogP contribution in [0.4, 0.5) is 0 Å². The number of imidazole rings is 1. The molecule has 26 heavy (non-hydrogen) atoms. The monoisotopic (exact) mass is 389 g/mol. The van der Waals surface area contributed by atoms with E-state index in [1.807, 2.05) is 37.3 Å². The number of aromatic amines is 1. The summed E-state index contributed by atoms with van der Waals surface area (Å²) >= 11 is 5.97. The van der Waals surface area contributed by atoms with Crippen LogP contribution in [0.2, 0.25) is 5.02 Å². The van der Waals surface area contributed by atoms with E-state index in [0.717, 1.165) is 11.3 Å². The van der Waals surface area contributed by atoms with Crippen LogP contribution in [0.1, 0.15) is 30.8 Å². The van der Waals surface area contributed by atoms with Gasteiger partial charge in [0.1, 0.15) is 5.82 Å². The van der Waals surface area contributed by atoms with Crippen molar-refractivity contribution in [2.75, 3.05) is 0 Å². The van der Waals surface area contributed by atoms with Crippen molar-refractivity contribution in [2.45, 2.75) is 31.2 Å². The highest BCUT2D eigenvalue weighted by atomic mass is 35.5. The molecular weight excluding hydrogens is 370 g/mol. The zero-order valence-electron chi connectivity index (χ0n) is 14.5. The minimum Gasteiger partial charge on any atom is -0.341 e. The minimum atomic E-state index is -3.72. The van der Waals surface area contributed by atoms with Gasteiger partial charge in [0.2, 0.25) is 10.0 Å². The lowest BCUT2D eigenvalue weighted by atomic mass is 10.2. The van der Waals surface area contributed by atoms with E-state index in [1.54, 1.807) is 25.3 Å². The number of halogens is 1. The molecule has 3 rings (SSSR count). The van der Waals surface area contributed by atoms with Gasteiger partial charge in [-0.2, -0.15) is 0 Å². The summed E-state index contributed by atoms with van der Waals surface area (Å²) in [7, 11) is -3.72. The lowest BCUT2D eigenvalue weighted by Gasteiger charge is -2.16. The Bertz CT molecular complexity index is 1000. The van der Waals surface area contributed by atoms with E-state index in [4.69, 9.17) is 11.6 Å². The summed E-state index contributed by atoms with van der Waals surface area (Å²) in [5, 5.41) is 0.383. The predicted octanol–water partition coefficient (Wildman–Crippen LogP) is 4.47. The topological polar surface area (TPSA) is 74.8 Å². The third-order valence-corrected chi connectivity index (χ3v) is 6.00. The van der Waals surface area contributed by atoms with Crippen molar-refractivity contribution < 1.29 is 8.42 Å². The van der Waals surface area contributed by atoms with Gasteiger partial charge in [-0.3, -0.25) is 0 Å². The number of rotatable bonds is 6. The van der Waals surface area contributed by atoms with Crippen LogP contribution in [0, 0.1) is 6.92 Å². The molecule has 0 aliphatic heterocycles. The third kappa shape index (κ3) is 3.98. The molecule has 0 saturated heterocycles. The van der Waals surface area contributed by atoms with Crippen LogP contribution in [0.3, 0.4) is 0 Å². The average Bonchev–Trinajstić information content (AvgIpc) is 3.12. The quantitative estimate of drug-likeness (QED) is 0.653. The molecule has 1 atom stereocenters. The normalized spacial score (nSPS) is 12.9. The molecule has 0 radical (unpaired) electrons. The molecule has 7 heteroatoms. The van der Waals surface area contributed by atoms with Crippen LogP contribution in [0.25, 0.3) is 11.3 Å². The van der Waals surface area contributed by atoms with Gasteiger partial charge < -0.3 is 4.98 Å². The van der Waals surface area contributed by atoms with Crippen molar-refractivity contribution in [1.82, 2.24) is 14.7 Å². The van der Waals surface area contributed by atoms with Crippen LogP contribution in [0.5, 0.6) is 0 Å². The molecule has 136 valence electrons. The molecule has 1 heterocycles. The fourth-order valence-corrected chi connectivity index (χ4v) is 4.52. The van der Waals surface area contributed by atoms with Crippen LogP contribution in [0.15, 0.2) is 59.6 Å². The highest BCUT2D eigenvalue weighted by molar-refractivity contribution is 7.89. The Balaban J connectivity index is 1.88. The van der Waals surface area contributed by atoms with Gasteiger partial charge in [0, 0.05) is 5.02 Å². The van der Waals surface area contributed by atoms with E-state index in [-0.39, 0.29) is 4.90 Å². The number of aryl methyl sites for hydroxylation is 1. The van der Waals surface area contributed by atoms with Gasteiger partial charge in [-0.25, -0.2) is 18.1 Å². The molecule has 2 aromatic carbocycles. The zero-order valence-corrected chi connectivity index (χ0v) is 16.1. The number of aromatic nitrogens is 2. The van der Waals surface area contributed by atoms with Gasteiger partial charge in [0.15, 0.2) is 0 Å². The van der Waals surface area contributed by atoms with E-state index in [1.165, 1.54) is 6.07 Å². The Labute approximate surface area is 158 Å². The number of H-pyrrole nitrogens is 1. The largest absolute Gasteiger partial charge is 0.341 e. The van der Waals surface area contributed by atoms with Crippen LogP contribution < -0.4 is 4.72 Å². The molecule has 1 unspecified atom stereocenters. The second kappa shape index (κ2) is 7.61. The van der Waals surface area contributed by atoms with Gasteiger partial charge >= 0.3 is 0 Å². The second-order valence-corrected chi connectivity index (χ2v) is 8.16. The molecule has 2 N–H and O–H groups in total. The van der Waals surface area contributed by atoms with E-state index in [9.17, 15) is 8.42 Å². The maximum absolute atomic E-state index is 12.8. The zero-order chi connectivity index (χ0) is 18.7. The smallest absolute Gasteiger partial charge is 0.241 e. The van der Waals surface area contributed by atoms with Crippen molar-refractivity contribution in [1.29, 1.82) is 0 Å². The summed E-state index contributed by atoms with van der Waals surface area (Å²) in [4.78, 5) is 7.77. The molecule has 0 saturated carbocycles. The number of sulfonamides is 1. The fraction of sp³-hybridized carbons (Fsp3) is 0.211. The van der Waals surface area contributed by atoms with E-state index in [0.29, 0.717) is 22.8 Å². The van der Waals surface area contributed by atoms with Crippen LogP contribution in [-0.4, -0.2) is 18.4 Å². The predicted molar refractivity (Wildman–Crippen MR) is 104 cm³/mol. The highest BCUT2D eigenvalue weighted by Gasteiger charge is 2.24. The molecule has 3 aromatic rings. The molecular formula is C19H20ClN3O2S. The van der Waals surface area contributed by atoms with Gasteiger partial charge in [-0.15, -0.1) is 0 Å². The first-order chi connectivity index (χ1) is 12.4. The standard InChI is InChI=1S/C19H20ClN3O2S/c1-3-16(19-21-12-17(22-19)14-7-5-4-6-8-14)23-26(24,25)18-11-15(20)10-9-13(18)2/h4-12,16,23H,3H2,1-2H3,(H,21,22). The highest BCUT2D eigenvalue weighted by Crippen LogP contribution is 2.25. The van der Waals surface area contributed by atoms with Gasteiger partial charge in [-0.1, -0.05) is 54.9 Å². The Morgan fingerprint density at radius 1 is 1.19 bits per heavy atom. The van der Waals surface area contributed by atoms with Gasteiger partial charge in [-0.05, 0) is 36.6 Å². The Morgan fingerprint density at radius 3 is 2.62 bits per heavy atom. The van der Waals surface area contributed by atoms with Crippen molar-refractivity contribution in [3.63, 3.8) is 0 Å². The molecule has 0 aliphatic rings. The lowest BCUT2D eigenvalue weighted by molar-refractivity contribution is 0.539. The van der Waals surface area contributed by atoms with Crippen LogP contribution >= 0.6 is 11.6 Å². The van der Waals surface area contributed by atoms with Crippen molar-refractivity contribution in [3.05, 3.63) is 71.1 Å². The average molecular weight is 390 g/mol. The maximum atomic E-state index is 12.8. The second-order valence-electron chi connectivity index (χ2n) is 6.04. The summed E-state index contributed by atoms with van der Waals surface area (Å²) < 4.78 is 28.4. The fourth-order valence-electron chi connectivity index (χ4n) is 2.72. The van der Waals surface area contributed by atoms with E-state index in [2.05, 4.69) is 14.7 Å². The molecule has 0 amide bonds. The summed E-state index contributed by atoms with van der Waals surface area (Å²) in [6, 6.07) is 14.1. The number of hydrogen-bond donors (Lipinski definition) is 2. The van der Waals surface area contributed by atoms with Crippen molar-refractivity contribution in [2.24, 2.45) is 0 Å². The van der Waals surface area contributed by atoms with E-state index < -0.39 is 16.1 Å². The maximum Gasteiger partial charge on any atom is 0.241 e. The Kier molecular flexibility index (Phi) is 5.46. The summed E-state index contributed by atoms with van der Waals surface area (Å²) in [6.07, 6.45) is 2.27. The molecule has 0 aliphatic carbocycles. The summed E-state index contributed by atoms with van der Waals surface area (Å²) in [5.74, 6) is 0.578. The summed E-state index contributed by atoms with van der Waals surface area (Å²) in [5.41, 5.74) is 2.48. The molecule has 0 fully saturated rings. The first-order valence-electron chi connectivity index (χ1n) is 8.29. The summed E-state index contributed by atoms with van der Waals surface area (Å²) in [6.45, 7) is 3.65. The van der Waals surface area contributed by atoms with Gasteiger partial charge in [0.25, 0.3) is 0 Å².